The molecule has 1 unspecified atom stereocenters. The minimum absolute atomic E-state index is 0.722. The van der Waals surface area contributed by atoms with Gasteiger partial charge in [-0.05, 0) is 45.9 Å². The predicted molar refractivity (Wildman–Crippen MR) is 71.6 cm³/mol. The van der Waals surface area contributed by atoms with Crippen molar-refractivity contribution in [2.24, 2.45) is 5.92 Å². The molecule has 0 amide bonds. The quantitative estimate of drug-likeness (QED) is 0.680. The van der Waals surface area contributed by atoms with E-state index in [1.165, 1.54) is 18.5 Å². The Labute approximate surface area is 99.3 Å². The summed E-state index contributed by atoms with van der Waals surface area (Å²) in [6, 6.07) is 0.722. The van der Waals surface area contributed by atoms with Gasteiger partial charge in [-0.1, -0.05) is 18.6 Å². The number of likely N-dealkylation sites (tertiary alicyclic amines) is 1. The number of nitrogens with zero attached hydrogens (tertiary/aromatic N) is 1. The molecular formula is C13H25NS. The van der Waals surface area contributed by atoms with Gasteiger partial charge in [-0.25, -0.2) is 0 Å². The Morgan fingerprint density at radius 2 is 2.07 bits per heavy atom. The molecule has 0 saturated carbocycles. The second-order valence-corrected chi connectivity index (χ2v) is 6.00. The fraction of sp³-hybridized carbons (Fsp3) is 0.846. The van der Waals surface area contributed by atoms with E-state index in [9.17, 15) is 0 Å². The summed E-state index contributed by atoms with van der Waals surface area (Å²) >= 11 is 2.04. The van der Waals surface area contributed by atoms with Crippen molar-refractivity contribution in [3.63, 3.8) is 0 Å². The van der Waals surface area contributed by atoms with Crippen LogP contribution < -0.4 is 0 Å². The van der Waals surface area contributed by atoms with E-state index >= 15 is 0 Å². The molecule has 15 heavy (non-hydrogen) atoms. The highest BCUT2D eigenvalue weighted by molar-refractivity contribution is 7.99. The Kier molecular flexibility index (Phi) is 5.20. The van der Waals surface area contributed by atoms with Gasteiger partial charge in [0.1, 0.15) is 0 Å². The molecule has 1 rings (SSSR count). The van der Waals surface area contributed by atoms with E-state index in [1.54, 1.807) is 0 Å². The topological polar surface area (TPSA) is 3.24 Å². The van der Waals surface area contributed by atoms with Gasteiger partial charge in [0.25, 0.3) is 0 Å². The third-order valence-electron chi connectivity index (χ3n) is 3.49. The molecule has 1 fully saturated rings. The van der Waals surface area contributed by atoms with Gasteiger partial charge in [-0.15, -0.1) is 0 Å². The lowest BCUT2D eigenvalue weighted by Crippen LogP contribution is -2.48. The van der Waals surface area contributed by atoms with Crippen molar-refractivity contribution >= 4 is 11.8 Å². The van der Waals surface area contributed by atoms with Gasteiger partial charge in [-0.2, -0.15) is 11.8 Å². The molecule has 1 aliphatic heterocycles. The number of allylic oxidation sites excluding steroid dienone is 1. The van der Waals surface area contributed by atoms with Crippen molar-refractivity contribution in [1.29, 1.82) is 0 Å². The van der Waals surface area contributed by atoms with Gasteiger partial charge in [0.05, 0.1) is 0 Å². The van der Waals surface area contributed by atoms with Gasteiger partial charge in [0.2, 0.25) is 0 Å². The van der Waals surface area contributed by atoms with Crippen LogP contribution in [0.1, 0.15) is 34.1 Å². The Hall–Kier alpha value is 0.0500. The van der Waals surface area contributed by atoms with Crippen molar-refractivity contribution < 1.29 is 0 Å². The third kappa shape index (κ3) is 3.53. The first-order valence-corrected chi connectivity index (χ1v) is 7.25. The van der Waals surface area contributed by atoms with Crippen LogP contribution in [-0.2, 0) is 0 Å². The molecule has 0 aromatic rings. The Balaban J connectivity index is 2.56. The van der Waals surface area contributed by atoms with Crippen LogP contribution in [0.25, 0.3) is 0 Å². The van der Waals surface area contributed by atoms with Gasteiger partial charge in [0.15, 0.2) is 0 Å². The van der Waals surface area contributed by atoms with E-state index in [0.29, 0.717) is 0 Å². The lowest BCUT2D eigenvalue weighted by Gasteiger charge is -2.42. The SMILES string of the molecule is CSC1[C@H](C)CCN(CC=C(C)C)[C@@H]1C. The van der Waals surface area contributed by atoms with Crippen LogP contribution in [0.4, 0.5) is 0 Å². The summed E-state index contributed by atoms with van der Waals surface area (Å²) in [5.74, 6) is 0.873. The largest absolute Gasteiger partial charge is 0.296 e. The lowest BCUT2D eigenvalue weighted by atomic mass is 9.92. The van der Waals surface area contributed by atoms with Crippen LogP contribution in [0.2, 0.25) is 0 Å². The average molecular weight is 227 g/mol. The molecule has 0 N–H and O–H groups in total. The van der Waals surface area contributed by atoms with Crippen LogP contribution in [-0.4, -0.2) is 35.5 Å². The molecule has 0 aromatic heterocycles. The van der Waals surface area contributed by atoms with E-state index in [0.717, 1.165) is 23.8 Å². The second kappa shape index (κ2) is 5.95. The van der Waals surface area contributed by atoms with Crippen molar-refractivity contribution in [3.05, 3.63) is 11.6 Å². The summed E-state index contributed by atoms with van der Waals surface area (Å²) in [7, 11) is 0. The van der Waals surface area contributed by atoms with E-state index < -0.39 is 0 Å². The summed E-state index contributed by atoms with van der Waals surface area (Å²) in [6.45, 7) is 11.6. The summed E-state index contributed by atoms with van der Waals surface area (Å²) in [4.78, 5) is 2.62. The highest BCUT2D eigenvalue weighted by atomic mass is 32.2. The standard InChI is InChI=1S/C13H25NS/c1-10(2)6-8-14-9-7-11(3)13(15-5)12(14)4/h6,11-13H,7-9H2,1-5H3/t11-,12-,13?/m1/s1. The third-order valence-corrected chi connectivity index (χ3v) is 4.89. The second-order valence-electron chi connectivity index (χ2n) is 4.98. The number of hydrogen-bond acceptors (Lipinski definition) is 2. The summed E-state index contributed by atoms with van der Waals surface area (Å²) < 4.78 is 0. The van der Waals surface area contributed by atoms with Crippen LogP contribution >= 0.6 is 11.8 Å². The fourth-order valence-electron chi connectivity index (χ4n) is 2.41. The normalized spacial score (nSPS) is 32.7. The number of piperidine rings is 1. The molecule has 3 atom stereocenters. The molecule has 0 radical (unpaired) electrons. The van der Waals surface area contributed by atoms with E-state index in [-0.39, 0.29) is 0 Å². The van der Waals surface area contributed by atoms with Gasteiger partial charge in [0, 0.05) is 17.8 Å². The summed E-state index contributed by atoms with van der Waals surface area (Å²) in [6.07, 6.45) is 5.96. The lowest BCUT2D eigenvalue weighted by molar-refractivity contribution is 0.152. The summed E-state index contributed by atoms with van der Waals surface area (Å²) in [5, 5.41) is 0.810. The number of rotatable bonds is 3. The highest BCUT2D eigenvalue weighted by Crippen LogP contribution is 2.30. The summed E-state index contributed by atoms with van der Waals surface area (Å²) in [5.41, 5.74) is 1.43. The smallest absolute Gasteiger partial charge is 0.0224 e. The van der Waals surface area contributed by atoms with Crippen molar-refractivity contribution in [1.82, 2.24) is 4.90 Å². The number of thioether (sulfide) groups is 1. The molecular weight excluding hydrogens is 202 g/mol. The van der Waals surface area contributed by atoms with E-state index in [2.05, 4.69) is 44.9 Å². The van der Waals surface area contributed by atoms with Gasteiger partial charge in [-0.3, -0.25) is 4.90 Å². The van der Waals surface area contributed by atoms with Crippen LogP contribution in [0, 0.1) is 5.92 Å². The fourth-order valence-corrected chi connectivity index (χ4v) is 3.57. The minimum Gasteiger partial charge on any atom is -0.296 e. The maximum atomic E-state index is 2.62. The molecule has 1 aliphatic rings. The predicted octanol–water partition coefficient (Wildman–Crippen LogP) is 3.41. The first-order chi connectivity index (χ1) is 7.06. The van der Waals surface area contributed by atoms with Gasteiger partial charge < -0.3 is 0 Å². The molecule has 0 aliphatic carbocycles. The van der Waals surface area contributed by atoms with E-state index in [1.807, 2.05) is 11.8 Å². The van der Waals surface area contributed by atoms with Crippen LogP contribution in [0.5, 0.6) is 0 Å². The monoisotopic (exact) mass is 227 g/mol. The molecule has 0 spiro atoms. The zero-order chi connectivity index (χ0) is 11.4. The Bertz CT molecular complexity index is 221. The minimum atomic E-state index is 0.722. The number of hydrogen-bond donors (Lipinski definition) is 0. The highest BCUT2D eigenvalue weighted by Gasteiger charge is 2.31. The van der Waals surface area contributed by atoms with E-state index in [4.69, 9.17) is 0 Å². The maximum absolute atomic E-state index is 2.62. The Morgan fingerprint density at radius 3 is 2.60 bits per heavy atom. The average Bonchev–Trinajstić information content (AvgIpc) is 2.17. The first-order valence-electron chi connectivity index (χ1n) is 5.96. The van der Waals surface area contributed by atoms with Crippen molar-refractivity contribution in [2.75, 3.05) is 19.3 Å². The molecule has 1 heterocycles. The molecule has 0 bridgehead atoms. The van der Waals surface area contributed by atoms with Gasteiger partial charge >= 0.3 is 0 Å². The first kappa shape index (κ1) is 13.1. The van der Waals surface area contributed by atoms with Crippen molar-refractivity contribution in [2.45, 2.75) is 45.4 Å². The molecule has 88 valence electrons. The molecule has 2 heteroatoms. The van der Waals surface area contributed by atoms with Crippen molar-refractivity contribution in [3.8, 4) is 0 Å². The van der Waals surface area contributed by atoms with Crippen LogP contribution in [0.15, 0.2) is 11.6 Å². The maximum Gasteiger partial charge on any atom is 0.0224 e. The Morgan fingerprint density at radius 1 is 1.40 bits per heavy atom. The molecule has 1 saturated heterocycles. The zero-order valence-corrected chi connectivity index (χ0v) is 11.6. The molecule has 1 nitrogen and oxygen atoms in total. The van der Waals surface area contributed by atoms with Crippen LogP contribution in [0.3, 0.4) is 0 Å². The molecule has 0 aromatic carbocycles. The zero-order valence-electron chi connectivity index (χ0n) is 10.8.